The quantitative estimate of drug-likeness (QED) is 0.298. The Hall–Kier alpha value is -3.17. The second-order valence-corrected chi connectivity index (χ2v) is 14.5. The van der Waals surface area contributed by atoms with E-state index in [1.807, 2.05) is 58.7 Å². The summed E-state index contributed by atoms with van der Waals surface area (Å²) in [6, 6.07) is 15.0. The third kappa shape index (κ3) is 11.3. The van der Waals surface area contributed by atoms with Gasteiger partial charge >= 0.3 is 12.2 Å². The maximum Gasteiger partial charge on any atom is 0.410 e. The molecule has 1 aromatic carbocycles. The average molecular weight is 622 g/mol. The molecule has 1 aliphatic carbocycles. The van der Waals surface area contributed by atoms with Crippen LogP contribution in [0.15, 0.2) is 48.7 Å². The molecule has 2 atom stereocenters. The van der Waals surface area contributed by atoms with Crippen LogP contribution in [0.25, 0.3) is 0 Å². The van der Waals surface area contributed by atoms with Gasteiger partial charge in [-0.1, -0.05) is 36.4 Å². The molecule has 0 spiro atoms. The van der Waals surface area contributed by atoms with E-state index in [1.165, 1.54) is 11.1 Å². The van der Waals surface area contributed by atoms with Crippen LogP contribution >= 0.6 is 0 Å². The van der Waals surface area contributed by atoms with E-state index in [9.17, 15) is 9.59 Å². The number of unbranched alkanes of at least 4 members (excludes halogenated alkanes) is 1. The number of carbonyl (C=O) groups is 2. The third-order valence-corrected chi connectivity index (χ3v) is 8.35. The molecule has 4 rings (SSSR count). The largest absolute Gasteiger partial charge is 0.444 e. The van der Waals surface area contributed by atoms with Crippen LogP contribution in [0.5, 0.6) is 0 Å². The van der Waals surface area contributed by atoms with Gasteiger partial charge in [-0.3, -0.25) is 14.8 Å². The van der Waals surface area contributed by atoms with E-state index in [1.54, 1.807) is 0 Å². The van der Waals surface area contributed by atoms with Crippen LogP contribution in [0.4, 0.5) is 9.59 Å². The summed E-state index contributed by atoms with van der Waals surface area (Å²) in [5.41, 5.74) is 2.74. The molecule has 0 unspecified atom stereocenters. The van der Waals surface area contributed by atoms with Gasteiger partial charge in [-0.25, -0.2) is 9.59 Å². The monoisotopic (exact) mass is 621 g/mol. The number of hydrogen-bond donors (Lipinski definition) is 1. The molecular formula is C36H55N5O4. The van der Waals surface area contributed by atoms with E-state index in [2.05, 4.69) is 51.5 Å². The van der Waals surface area contributed by atoms with Gasteiger partial charge in [-0.2, -0.15) is 0 Å². The van der Waals surface area contributed by atoms with Crippen molar-refractivity contribution >= 4 is 12.2 Å². The molecule has 0 bridgehead atoms. The fourth-order valence-corrected chi connectivity index (χ4v) is 6.30. The number of aryl methyl sites for hydroxylation is 1. The highest BCUT2D eigenvalue weighted by Gasteiger charge is 2.36. The first kappa shape index (κ1) is 34.7. The first-order valence-corrected chi connectivity index (χ1v) is 16.8. The summed E-state index contributed by atoms with van der Waals surface area (Å²) < 4.78 is 11.3. The summed E-state index contributed by atoms with van der Waals surface area (Å²) in [6.45, 7) is 16.8. The van der Waals surface area contributed by atoms with Crippen molar-refractivity contribution in [2.24, 2.45) is 0 Å². The van der Waals surface area contributed by atoms with E-state index >= 15 is 0 Å². The maximum absolute atomic E-state index is 13.5. The number of carbonyl (C=O) groups excluding carboxylic acids is 2. The first-order valence-electron chi connectivity index (χ1n) is 16.8. The number of ether oxygens (including phenoxy) is 2. The lowest BCUT2D eigenvalue weighted by Crippen LogP contribution is -2.60. The molecule has 1 aromatic heterocycles. The summed E-state index contributed by atoms with van der Waals surface area (Å²) in [5.74, 6) is 0. The highest BCUT2D eigenvalue weighted by molar-refractivity contribution is 5.69. The number of rotatable bonds is 11. The Bertz CT molecular complexity index is 1230. The van der Waals surface area contributed by atoms with Crippen molar-refractivity contribution in [1.29, 1.82) is 0 Å². The van der Waals surface area contributed by atoms with Crippen LogP contribution in [0, 0.1) is 0 Å². The summed E-state index contributed by atoms with van der Waals surface area (Å²) in [4.78, 5) is 37.6. The van der Waals surface area contributed by atoms with Gasteiger partial charge in [0.15, 0.2) is 0 Å². The highest BCUT2D eigenvalue weighted by Crippen LogP contribution is 2.34. The first-order chi connectivity index (χ1) is 21.4. The minimum absolute atomic E-state index is 0.0154. The Morgan fingerprint density at radius 1 is 0.978 bits per heavy atom. The van der Waals surface area contributed by atoms with Gasteiger partial charge < -0.3 is 19.7 Å². The van der Waals surface area contributed by atoms with Crippen molar-refractivity contribution in [2.75, 3.05) is 45.8 Å². The van der Waals surface area contributed by atoms with Crippen molar-refractivity contribution in [2.45, 2.75) is 103 Å². The molecule has 1 aliphatic heterocycles. The number of amides is 2. The number of nitrogens with zero attached hydrogens (tertiary/aromatic N) is 4. The Morgan fingerprint density at radius 3 is 2.47 bits per heavy atom. The summed E-state index contributed by atoms with van der Waals surface area (Å²) in [5, 5.41) is 2.90. The zero-order valence-electron chi connectivity index (χ0n) is 28.4. The van der Waals surface area contributed by atoms with E-state index in [0.717, 1.165) is 76.9 Å². The summed E-state index contributed by atoms with van der Waals surface area (Å²) >= 11 is 0. The van der Waals surface area contributed by atoms with Crippen LogP contribution in [-0.2, 0) is 22.3 Å². The summed E-state index contributed by atoms with van der Waals surface area (Å²) in [7, 11) is 0. The number of nitrogens with one attached hydrogen (secondary N) is 1. The predicted molar refractivity (Wildman–Crippen MR) is 178 cm³/mol. The fraction of sp³-hybridized carbons (Fsp3) is 0.639. The van der Waals surface area contributed by atoms with Gasteiger partial charge in [-0.15, -0.1) is 0 Å². The molecular weight excluding hydrogens is 566 g/mol. The van der Waals surface area contributed by atoms with Gasteiger partial charge in [0, 0.05) is 45.5 Å². The lowest BCUT2D eigenvalue weighted by atomic mass is 9.90. The third-order valence-electron chi connectivity index (χ3n) is 8.35. The molecule has 1 fully saturated rings. The SMILES string of the molecule is CC(C)(C)OC(=O)NCCCCN(C[C@@H]1CN(CCc2ccccc2)CCN1C(=O)OC(C)(C)C)[C@H]1CCCc2cccnc21. The van der Waals surface area contributed by atoms with Crippen LogP contribution in [0.2, 0.25) is 0 Å². The standard InChI is InChI=1S/C36H55N5O4/c1-35(2,3)44-33(42)38-20-10-11-22-40(31-18-12-16-29-17-13-21-37-32(29)31)27-30-26-39(23-19-28-14-8-7-9-15-28)24-25-41(30)34(43)45-36(4,5)6/h7-9,13-15,17,21,30-31H,10-12,16,18-20,22-27H2,1-6H3,(H,38,42)/t30-,31-/m0/s1. The molecule has 0 radical (unpaired) electrons. The second-order valence-electron chi connectivity index (χ2n) is 14.5. The maximum atomic E-state index is 13.5. The van der Waals surface area contributed by atoms with E-state index in [4.69, 9.17) is 14.5 Å². The zero-order chi connectivity index (χ0) is 32.5. The summed E-state index contributed by atoms with van der Waals surface area (Å²) in [6.07, 6.45) is 7.21. The van der Waals surface area contributed by atoms with Crippen molar-refractivity contribution in [3.05, 3.63) is 65.5 Å². The number of pyridine rings is 1. The normalized spacial score (nSPS) is 19.2. The van der Waals surface area contributed by atoms with Crippen LogP contribution in [-0.4, -0.2) is 94.9 Å². The van der Waals surface area contributed by atoms with Gasteiger partial charge in [-0.05, 0) is 104 Å². The number of hydrogen-bond acceptors (Lipinski definition) is 7. The minimum atomic E-state index is -0.556. The smallest absolute Gasteiger partial charge is 0.410 e. The Labute approximate surface area is 270 Å². The lowest BCUT2D eigenvalue weighted by Gasteiger charge is -2.45. The Balaban J connectivity index is 1.49. The molecule has 2 amide bonds. The van der Waals surface area contributed by atoms with E-state index in [-0.39, 0.29) is 24.3 Å². The van der Waals surface area contributed by atoms with Crippen LogP contribution in [0.3, 0.4) is 0 Å². The lowest BCUT2D eigenvalue weighted by molar-refractivity contribution is -0.0110. The molecule has 2 heterocycles. The zero-order valence-corrected chi connectivity index (χ0v) is 28.4. The van der Waals surface area contributed by atoms with Gasteiger partial charge in [0.1, 0.15) is 11.2 Å². The average Bonchev–Trinajstić information content (AvgIpc) is 2.98. The number of alkyl carbamates (subject to hydrolysis) is 1. The molecule has 0 saturated carbocycles. The molecule has 1 N–H and O–H groups in total. The van der Waals surface area contributed by atoms with Gasteiger partial charge in [0.2, 0.25) is 0 Å². The van der Waals surface area contributed by atoms with Gasteiger partial charge in [0.05, 0.1) is 17.8 Å². The number of fused-ring (bicyclic) bond motifs is 1. The topological polar surface area (TPSA) is 87.2 Å². The number of benzene rings is 1. The van der Waals surface area contributed by atoms with Crippen molar-refractivity contribution in [3.63, 3.8) is 0 Å². The molecule has 1 saturated heterocycles. The van der Waals surface area contributed by atoms with Crippen molar-refractivity contribution in [3.8, 4) is 0 Å². The number of piperazine rings is 1. The minimum Gasteiger partial charge on any atom is -0.444 e. The fourth-order valence-electron chi connectivity index (χ4n) is 6.30. The van der Waals surface area contributed by atoms with Crippen molar-refractivity contribution in [1.82, 2.24) is 25.0 Å². The highest BCUT2D eigenvalue weighted by atomic mass is 16.6. The molecule has 2 aromatic rings. The number of aromatic nitrogens is 1. The molecule has 9 heteroatoms. The Morgan fingerprint density at radius 2 is 1.73 bits per heavy atom. The molecule has 248 valence electrons. The van der Waals surface area contributed by atoms with Crippen LogP contribution < -0.4 is 5.32 Å². The van der Waals surface area contributed by atoms with E-state index in [0.29, 0.717) is 13.1 Å². The second kappa shape index (κ2) is 15.9. The molecule has 45 heavy (non-hydrogen) atoms. The van der Waals surface area contributed by atoms with Crippen LogP contribution in [0.1, 0.15) is 90.1 Å². The molecule has 2 aliphatic rings. The predicted octanol–water partition coefficient (Wildman–Crippen LogP) is 6.23. The van der Waals surface area contributed by atoms with Crippen molar-refractivity contribution < 1.29 is 19.1 Å². The molecule has 9 nitrogen and oxygen atoms in total. The van der Waals surface area contributed by atoms with E-state index < -0.39 is 11.2 Å². The van der Waals surface area contributed by atoms with Gasteiger partial charge in [0.25, 0.3) is 0 Å². The Kier molecular flexibility index (Phi) is 12.3.